The van der Waals surface area contributed by atoms with E-state index in [1.165, 1.54) is 11.3 Å². The Balaban J connectivity index is 0.000000531. The van der Waals surface area contributed by atoms with Gasteiger partial charge in [-0.25, -0.2) is 9.97 Å². The molecule has 0 atom stereocenters. The summed E-state index contributed by atoms with van der Waals surface area (Å²) in [6, 6.07) is 0. The van der Waals surface area contributed by atoms with Crippen LogP contribution < -0.4 is 5.32 Å². The molecule has 0 saturated heterocycles. The molecule has 0 spiro atoms. The lowest BCUT2D eigenvalue weighted by Gasteiger charge is -1.93. The average molecular weight is 225 g/mol. The monoisotopic (exact) mass is 225 g/mol. The molecular formula is C9H15N5S. The molecule has 1 N–H and O–H groups in total. The standard InChI is InChI=1S/C7H9N5S.C2H6/c1-2-8-6-10-5-12(11-6)7-9-3-4-13-7;1-2/h3-5H,2H2,1H3,(H,8,11);1-2H3. The third kappa shape index (κ3) is 3.02. The first-order chi connectivity index (χ1) is 7.40. The Labute approximate surface area is 93.2 Å². The van der Waals surface area contributed by atoms with Crippen LogP contribution in [-0.4, -0.2) is 26.3 Å². The first kappa shape index (κ1) is 11.6. The predicted octanol–water partition coefficient (Wildman–Crippen LogP) is 2.18. The van der Waals surface area contributed by atoms with Gasteiger partial charge in [-0.2, -0.15) is 4.68 Å². The molecule has 2 heterocycles. The summed E-state index contributed by atoms with van der Waals surface area (Å²) in [5, 5.41) is 9.95. The Kier molecular flexibility index (Phi) is 4.76. The molecule has 0 radical (unpaired) electrons. The molecule has 0 fully saturated rings. The smallest absolute Gasteiger partial charge is 0.242 e. The Morgan fingerprint density at radius 1 is 1.40 bits per heavy atom. The Morgan fingerprint density at radius 3 is 2.80 bits per heavy atom. The van der Waals surface area contributed by atoms with Crippen LogP contribution in [0.5, 0.6) is 0 Å². The fourth-order valence-corrected chi connectivity index (χ4v) is 1.48. The van der Waals surface area contributed by atoms with E-state index < -0.39 is 0 Å². The molecule has 2 rings (SSSR count). The molecule has 0 aromatic carbocycles. The van der Waals surface area contributed by atoms with Crippen molar-refractivity contribution in [2.45, 2.75) is 20.8 Å². The van der Waals surface area contributed by atoms with Gasteiger partial charge in [-0.1, -0.05) is 13.8 Å². The molecule has 0 aliphatic carbocycles. The molecule has 0 aliphatic heterocycles. The minimum absolute atomic E-state index is 0.637. The van der Waals surface area contributed by atoms with E-state index in [4.69, 9.17) is 0 Å². The summed E-state index contributed by atoms with van der Waals surface area (Å²) >= 11 is 1.53. The molecular weight excluding hydrogens is 210 g/mol. The van der Waals surface area contributed by atoms with Crippen LogP contribution in [0.25, 0.3) is 5.13 Å². The van der Waals surface area contributed by atoms with Gasteiger partial charge in [-0.05, 0) is 6.92 Å². The Bertz CT molecular complexity index is 368. The van der Waals surface area contributed by atoms with Crippen molar-refractivity contribution >= 4 is 17.3 Å². The van der Waals surface area contributed by atoms with E-state index in [9.17, 15) is 0 Å². The van der Waals surface area contributed by atoms with E-state index in [2.05, 4.69) is 20.4 Å². The molecule has 0 saturated carbocycles. The Morgan fingerprint density at radius 2 is 2.20 bits per heavy atom. The summed E-state index contributed by atoms with van der Waals surface area (Å²) in [5.74, 6) is 0.637. The van der Waals surface area contributed by atoms with Crippen molar-refractivity contribution < 1.29 is 0 Å². The maximum atomic E-state index is 4.18. The summed E-state index contributed by atoms with van der Waals surface area (Å²) in [7, 11) is 0. The molecule has 5 nitrogen and oxygen atoms in total. The van der Waals surface area contributed by atoms with Crippen LogP contribution in [0, 0.1) is 0 Å². The van der Waals surface area contributed by atoms with Crippen molar-refractivity contribution in [1.82, 2.24) is 19.7 Å². The number of rotatable bonds is 3. The zero-order valence-electron chi connectivity index (χ0n) is 9.14. The van der Waals surface area contributed by atoms with Gasteiger partial charge < -0.3 is 5.32 Å². The highest BCUT2D eigenvalue weighted by atomic mass is 32.1. The molecule has 0 amide bonds. The summed E-state index contributed by atoms with van der Waals surface area (Å²) in [5.41, 5.74) is 0. The second-order valence-electron chi connectivity index (χ2n) is 2.36. The number of hydrogen-bond acceptors (Lipinski definition) is 5. The van der Waals surface area contributed by atoms with Gasteiger partial charge in [0.15, 0.2) is 0 Å². The van der Waals surface area contributed by atoms with Gasteiger partial charge in [0.25, 0.3) is 0 Å². The number of nitrogens with zero attached hydrogens (tertiary/aromatic N) is 4. The average Bonchev–Trinajstić information content (AvgIpc) is 2.89. The molecule has 0 aliphatic rings. The summed E-state index contributed by atoms with van der Waals surface area (Å²) < 4.78 is 1.66. The minimum atomic E-state index is 0.637. The van der Waals surface area contributed by atoms with Gasteiger partial charge in [-0.3, -0.25) is 0 Å². The molecule has 15 heavy (non-hydrogen) atoms. The minimum Gasteiger partial charge on any atom is -0.353 e. The van der Waals surface area contributed by atoms with Gasteiger partial charge in [-0.15, -0.1) is 16.4 Å². The van der Waals surface area contributed by atoms with E-state index in [1.807, 2.05) is 26.2 Å². The van der Waals surface area contributed by atoms with E-state index >= 15 is 0 Å². The van der Waals surface area contributed by atoms with Crippen molar-refractivity contribution in [1.29, 1.82) is 0 Å². The summed E-state index contributed by atoms with van der Waals surface area (Å²) in [4.78, 5) is 8.18. The van der Waals surface area contributed by atoms with Gasteiger partial charge in [0.1, 0.15) is 6.33 Å². The third-order valence-corrected chi connectivity index (χ3v) is 2.20. The lowest BCUT2D eigenvalue weighted by molar-refractivity contribution is 0.867. The van der Waals surface area contributed by atoms with Crippen LogP contribution in [-0.2, 0) is 0 Å². The van der Waals surface area contributed by atoms with E-state index in [-0.39, 0.29) is 0 Å². The highest BCUT2D eigenvalue weighted by Crippen LogP contribution is 2.09. The Hall–Kier alpha value is -1.43. The van der Waals surface area contributed by atoms with Crippen LogP contribution in [0.4, 0.5) is 5.95 Å². The number of nitrogens with one attached hydrogen (secondary N) is 1. The van der Waals surface area contributed by atoms with Crippen LogP contribution in [0.1, 0.15) is 20.8 Å². The van der Waals surface area contributed by atoms with Gasteiger partial charge in [0.2, 0.25) is 11.1 Å². The van der Waals surface area contributed by atoms with Crippen LogP contribution in [0.2, 0.25) is 0 Å². The second-order valence-corrected chi connectivity index (χ2v) is 3.23. The molecule has 0 unspecified atom stereocenters. The third-order valence-electron chi connectivity index (χ3n) is 1.44. The number of aromatic nitrogens is 4. The number of thiazole rings is 1. The molecule has 6 heteroatoms. The fourth-order valence-electron chi connectivity index (χ4n) is 0.923. The normalized spacial score (nSPS) is 9.27. The van der Waals surface area contributed by atoms with Crippen molar-refractivity contribution in [2.24, 2.45) is 0 Å². The fraction of sp³-hybridized carbons (Fsp3) is 0.444. The maximum Gasteiger partial charge on any atom is 0.242 e. The number of anilines is 1. The molecule has 0 bridgehead atoms. The topological polar surface area (TPSA) is 55.6 Å². The lowest BCUT2D eigenvalue weighted by atomic mass is 10.7. The van der Waals surface area contributed by atoms with Crippen molar-refractivity contribution in [3.8, 4) is 5.13 Å². The van der Waals surface area contributed by atoms with E-state index in [1.54, 1.807) is 17.2 Å². The largest absolute Gasteiger partial charge is 0.353 e. The van der Waals surface area contributed by atoms with Crippen LogP contribution in [0.3, 0.4) is 0 Å². The van der Waals surface area contributed by atoms with E-state index in [0.29, 0.717) is 5.95 Å². The SMILES string of the molecule is CC.CCNc1ncn(-c2nccs2)n1. The van der Waals surface area contributed by atoms with Crippen LogP contribution >= 0.6 is 11.3 Å². The molecule has 2 aromatic heterocycles. The quantitative estimate of drug-likeness (QED) is 0.870. The molecule has 2 aromatic rings. The zero-order valence-corrected chi connectivity index (χ0v) is 9.95. The van der Waals surface area contributed by atoms with E-state index in [0.717, 1.165) is 11.7 Å². The molecule has 82 valence electrons. The maximum absolute atomic E-state index is 4.18. The summed E-state index contributed by atoms with van der Waals surface area (Å²) in [6.45, 7) is 6.83. The van der Waals surface area contributed by atoms with Gasteiger partial charge in [0, 0.05) is 18.1 Å². The van der Waals surface area contributed by atoms with Crippen LogP contribution in [0.15, 0.2) is 17.9 Å². The summed E-state index contributed by atoms with van der Waals surface area (Å²) in [6.07, 6.45) is 3.39. The first-order valence-electron chi connectivity index (χ1n) is 4.95. The van der Waals surface area contributed by atoms with Gasteiger partial charge >= 0.3 is 0 Å². The highest BCUT2D eigenvalue weighted by molar-refractivity contribution is 7.12. The highest BCUT2D eigenvalue weighted by Gasteiger charge is 2.02. The van der Waals surface area contributed by atoms with Crippen molar-refractivity contribution in [2.75, 3.05) is 11.9 Å². The van der Waals surface area contributed by atoms with Crippen molar-refractivity contribution in [3.05, 3.63) is 17.9 Å². The number of hydrogen-bond donors (Lipinski definition) is 1. The second kappa shape index (κ2) is 6.13. The zero-order chi connectivity index (χ0) is 11.1. The van der Waals surface area contributed by atoms with Crippen molar-refractivity contribution in [3.63, 3.8) is 0 Å². The first-order valence-corrected chi connectivity index (χ1v) is 5.83. The predicted molar refractivity (Wildman–Crippen MR) is 62.5 cm³/mol. The van der Waals surface area contributed by atoms with Gasteiger partial charge in [0.05, 0.1) is 0 Å². The lowest BCUT2D eigenvalue weighted by Crippen LogP contribution is -2.00.